The summed E-state index contributed by atoms with van der Waals surface area (Å²) < 4.78 is 33.0. The van der Waals surface area contributed by atoms with Crippen molar-refractivity contribution >= 4 is 15.9 Å². The van der Waals surface area contributed by atoms with Gasteiger partial charge in [0, 0.05) is 25.6 Å². The Bertz CT molecular complexity index is 1200. The fourth-order valence-electron chi connectivity index (χ4n) is 4.17. The minimum atomic E-state index is -3.52. The maximum absolute atomic E-state index is 12.9. The number of rotatable bonds is 9. The predicted molar refractivity (Wildman–Crippen MR) is 136 cm³/mol. The minimum absolute atomic E-state index is 0.0207. The molecule has 4 rings (SSSR count). The summed E-state index contributed by atoms with van der Waals surface area (Å²) in [6.45, 7) is 4.19. The molecule has 1 aliphatic rings. The molecule has 0 aliphatic carbocycles. The van der Waals surface area contributed by atoms with Gasteiger partial charge in [-0.15, -0.1) is 0 Å². The van der Waals surface area contributed by atoms with Crippen molar-refractivity contribution in [3.63, 3.8) is 0 Å². The quantitative estimate of drug-likeness (QED) is 0.480. The molecule has 1 fully saturated rings. The summed E-state index contributed by atoms with van der Waals surface area (Å²) in [5, 5.41) is 3.01. The number of carbonyl (C=O) groups excluding carboxylic acids is 1. The molecular weight excluding hydrogens is 460 g/mol. The number of benzene rings is 3. The molecule has 35 heavy (non-hydrogen) atoms. The number of ether oxygens (including phenoxy) is 1. The highest BCUT2D eigenvalue weighted by Crippen LogP contribution is 2.24. The summed E-state index contributed by atoms with van der Waals surface area (Å²) >= 11 is 0. The molecule has 0 radical (unpaired) electrons. The maximum Gasteiger partial charge on any atom is 0.243 e. The van der Waals surface area contributed by atoms with Gasteiger partial charge in [-0.2, -0.15) is 4.31 Å². The van der Waals surface area contributed by atoms with Gasteiger partial charge in [0.25, 0.3) is 0 Å². The summed E-state index contributed by atoms with van der Waals surface area (Å²) in [7, 11) is -3.52. The molecular formula is C28H32N2O4S. The zero-order valence-corrected chi connectivity index (χ0v) is 20.8. The van der Waals surface area contributed by atoms with Crippen LogP contribution in [-0.2, 0) is 39.3 Å². The number of amides is 1. The fourth-order valence-corrected chi connectivity index (χ4v) is 5.64. The highest BCUT2D eigenvalue weighted by atomic mass is 32.2. The lowest BCUT2D eigenvalue weighted by atomic mass is 9.97. The molecule has 0 bridgehead atoms. The van der Waals surface area contributed by atoms with E-state index in [-0.39, 0.29) is 11.8 Å². The van der Waals surface area contributed by atoms with Crippen molar-refractivity contribution in [2.24, 2.45) is 5.92 Å². The van der Waals surface area contributed by atoms with Gasteiger partial charge in [-0.25, -0.2) is 8.42 Å². The zero-order chi connectivity index (χ0) is 24.7. The zero-order valence-electron chi connectivity index (χ0n) is 20.0. The molecule has 0 saturated carbocycles. The first-order valence-electron chi connectivity index (χ1n) is 12.0. The lowest BCUT2D eigenvalue weighted by Crippen LogP contribution is -2.42. The van der Waals surface area contributed by atoms with Crippen molar-refractivity contribution < 1.29 is 17.9 Å². The van der Waals surface area contributed by atoms with E-state index in [0.717, 1.165) is 22.3 Å². The van der Waals surface area contributed by atoms with Gasteiger partial charge in [-0.1, -0.05) is 72.3 Å². The van der Waals surface area contributed by atoms with Crippen molar-refractivity contribution in [1.29, 1.82) is 0 Å². The van der Waals surface area contributed by atoms with Gasteiger partial charge in [0.2, 0.25) is 15.9 Å². The summed E-state index contributed by atoms with van der Waals surface area (Å²) in [5.74, 6) is -0.196. The summed E-state index contributed by atoms with van der Waals surface area (Å²) in [6.07, 6.45) is 1.04. The second-order valence-electron chi connectivity index (χ2n) is 9.00. The number of hydrogen-bond acceptors (Lipinski definition) is 4. The Morgan fingerprint density at radius 2 is 1.43 bits per heavy atom. The Balaban J connectivity index is 1.20. The van der Waals surface area contributed by atoms with E-state index in [0.29, 0.717) is 50.6 Å². The van der Waals surface area contributed by atoms with Crippen LogP contribution in [0.3, 0.4) is 0 Å². The van der Waals surface area contributed by atoms with E-state index in [2.05, 4.69) is 5.32 Å². The number of hydrogen-bond donors (Lipinski definition) is 1. The molecule has 3 aromatic carbocycles. The van der Waals surface area contributed by atoms with E-state index in [9.17, 15) is 13.2 Å². The van der Waals surface area contributed by atoms with Crippen LogP contribution in [0.25, 0.3) is 0 Å². The summed E-state index contributed by atoms with van der Waals surface area (Å²) in [4.78, 5) is 13.0. The summed E-state index contributed by atoms with van der Waals surface area (Å²) in [5.41, 5.74) is 4.26. The van der Waals surface area contributed by atoms with Crippen molar-refractivity contribution in [1.82, 2.24) is 9.62 Å². The Morgan fingerprint density at radius 1 is 0.857 bits per heavy atom. The average molecular weight is 493 g/mol. The Hall–Kier alpha value is -3.00. The SMILES string of the molecule is Cc1ccc(S(=O)(=O)N2CCC(C(=O)NCc3ccc(COCc4ccccc4)cc3)CC2)cc1. The number of carbonyl (C=O) groups is 1. The maximum atomic E-state index is 12.9. The van der Waals surface area contributed by atoms with E-state index >= 15 is 0 Å². The van der Waals surface area contributed by atoms with Crippen LogP contribution >= 0.6 is 0 Å². The van der Waals surface area contributed by atoms with E-state index in [4.69, 9.17) is 4.74 Å². The van der Waals surface area contributed by atoms with Crippen molar-refractivity contribution in [2.75, 3.05) is 13.1 Å². The van der Waals surface area contributed by atoms with E-state index in [1.165, 1.54) is 4.31 Å². The van der Waals surface area contributed by atoms with E-state index < -0.39 is 10.0 Å². The Kier molecular flexibility index (Phi) is 8.33. The molecule has 0 unspecified atom stereocenters. The Morgan fingerprint density at radius 3 is 2.06 bits per heavy atom. The first kappa shape index (κ1) is 25.1. The molecule has 0 spiro atoms. The third-order valence-electron chi connectivity index (χ3n) is 6.35. The minimum Gasteiger partial charge on any atom is -0.372 e. The molecule has 1 saturated heterocycles. The molecule has 1 heterocycles. The molecule has 1 amide bonds. The van der Waals surface area contributed by atoms with Crippen LogP contribution < -0.4 is 5.32 Å². The smallest absolute Gasteiger partial charge is 0.243 e. The van der Waals surface area contributed by atoms with Crippen molar-refractivity contribution in [3.05, 3.63) is 101 Å². The van der Waals surface area contributed by atoms with Gasteiger partial charge in [0.1, 0.15) is 0 Å². The van der Waals surface area contributed by atoms with Crippen LogP contribution in [-0.4, -0.2) is 31.7 Å². The van der Waals surface area contributed by atoms with Gasteiger partial charge < -0.3 is 10.1 Å². The van der Waals surface area contributed by atoms with Crippen molar-refractivity contribution in [2.45, 2.75) is 44.4 Å². The largest absolute Gasteiger partial charge is 0.372 e. The number of piperidine rings is 1. The predicted octanol–water partition coefficient (Wildman–Crippen LogP) is 4.43. The number of nitrogens with zero attached hydrogens (tertiary/aromatic N) is 1. The van der Waals surface area contributed by atoms with Crippen LogP contribution in [0.15, 0.2) is 83.8 Å². The van der Waals surface area contributed by atoms with Gasteiger partial charge >= 0.3 is 0 Å². The standard InChI is InChI=1S/C28H32N2O4S/c1-22-7-13-27(14-8-22)35(32,33)30-17-15-26(16-18-30)28(31)29-19-23-9-11-25(12-10-23)21-34-20-24-5-3-2-4-6-24/h2-14,26H,15-21H2,1H3,(H,29,31). The first-order chi connectivity index (χ1) is 16.9. The van der Waals surface area contributed by atoms with Crippen LogP contribution in [0.1, 0.15) is 35.1 Å². The van der Waals surface area contributed by atoms with Gasteiger partial charge in [-0.05, 0) is 48.6 Å². The first-order valence-corrected chi connectivity index (χ1v) is 13.4. The molecule has 1 N–H and O–H groups in total. The molecule has 3 aromatic rings. The van der Waals surface area contributed by atoms with Gasteiger partial charge in [0.05, 0.1) is 18.1 Å². The number of aryl methyl sites for hydroxylation is 1. The molecule has 6 nitrogen and oxygen atoms in total. The third kappa shape index (κ3) is 6.78. The normalized spacial score (nSPS) is 15.1. The van der Waals surface area contributed by atoms with Gasteiger partial charge in [-0.3, -0.25) is 4.79 Å². The second kappa shape index (κ2) is 11.6. The second-order valence-corrected chi connectivity index (χ2v) is 10.9. The fraction of sp³-hybridized carbons (Fsp3) is 0.321. The Labute approximate surface area is 208 Å². The molecule has 0 aromatic heterocycles. The lowest BCUT2D eigenvalue weighted by molar-refractivity contribution is -0.126. The van der Waals surface area contributed by atoms with Crippen LogP contribution in [0.5, 0.6) is 0 Å². The van der Waals surface area contributed by atoms with Crippen LogP contribution in [0.2, 0.25) is 0 Å². The number of sulfonamides is 1. The monoisotopic (exact) mass is 492 g/mol. The van der Waals surface area contributed by atoms with Crippen LogP contribution in [0.4, 0.5) is 0 Å². The molecule has 184 valence electrons. The van der Waals surface area contributed by atoms with E-state index in [1.807, 2.05) is 61.5 Å². The topological polar surface area (TPSA) is 75.7 Å². The van der Waals surface area contributed by atoms with Crippen molar-refractivity contribution in [3.8, 4) is 0 Å². The summed E-state index contributed by atoms with van der Waals surface area (Å²) in [6, 6.07) is 25.0. The average Bonchev–Trinajstić information content (AvgIpc) is 2.89. The third-order valence-corrected chi connectivity index (χ3v) is 8.27. The molecule has 7 heteroatoms. The molecule has 1 aliphatic heterocycles. The van der Waals surface area contributed by atoms with E-state index in [1.54, 1.807) is 24.3 Å². The molecule has 0 atom stereocenters. The van der Waals surface area contributed by atoms with Gasteiger partial charge in [0.15, 0.2) is 0 Å². The highest BCUT2D eigenvalue weighted by molar-refractivity contribution is 7.89. The lowest BCUT2D eigenvalue weighted by Gasteiger charge is -2.30. The van der Waals surface area contributed by atoms with Crippen LogP contribution in [0, 0.1) is 12.8 Å². The highest BCUT2D eigenvalue weighted by Gasteiger charge is 2.31. The number of nitrogens with one attached hydrogen (secondary N) is 1.